The number of hydrazone groups is 1. The molecule has 2 amide bonds. The molecule has 2 aromatic carbocycles. The first-order valence-corrected chi connectivity index (χ1v) is 7.54. The number of anilines is 1. The van der Waals surface area contributed by atoms with Crippen molar-refractivity contribution in [3.63, 3.8) is 0 Å². The van der Waals surface area contributed by atoms with Gasteiger partial charge in [-0.05, 0) is 42.0 Å². The van der Waals surface area contributed by atoms with Crippen LogP contribution in [-0.4, -0.2) is 23.9 Å². The number of benzene rings is 2. The van der Waals surface area contributed by atoms with Crippen molar-refractivity contribution >= 4 is 46.9 Å². The largest absolute Gasteiger partial charge is 0.325 e. The van der Waals surface area contributed by atoms with Crippen LogP contribution in [0.2, 0.25) is 5.02 Å². The molecular formula is C16H13Cl2N3O2. The molecule has 2 aromatic rings. The van der Waals surface area contributed by atoms with E-state index in [0.29, 0.717) is 16.3 Å². The van der Waals surface area contributed by atoms with Gasteiger partial charge in [0.05, 0.1) is 6.21 Å². The minimum Gasteiger partial charge on any atom is -0.325 e. The Balaban J connectivity index is 1.92. The highest BCUT2D eigenvalue weighted by atomic mass is 35.5. The fraction of sp³-hybridized carbons (Fsp3) is 0.0625. The van der Waals surface area contributed by atoms with Gasteiger partial charge in [0, 0.05) is 16.3 Å². The van der Waals surface area contributed by atoms with Crippen molar-refractivity contribution in [2.75, 3.05) is 11.2 Å². The molecule has 0 aromatic heterocycles. The molecule has 5 nitrogen and oxygen atoms in total. The second-order valence-electron chi connectivity index (χ2n) is 4.51. The van der Waals surface area contributed by atoms with Gasteiger partial charge < -0.3 is 5.32 Å². The number of carbonyl (C=O) groups excluding carboxylic acids is 2. The first-order valence-electron chi connectivity index (χ1n) is 6.63. The van der Waals surface area contributed by atoms with E-state index in [1.807, 2.05) is 0 Å². The number of nitrogens with one attached hydrogen (secondary N) is 2. The minimum atomic E-state index is -0.356. The van der Waals surface area contributed by atoms with Crippen molar-refractivity contribution in [2.24, 2.45) is 5.10 Å². The van der Waals surface area contributed by atoms with Crippen molar-refractivity contribution in [3.8, 4) is 0 Å². The Kier molecular flexibility index (Phi) is 6.14. The zero-order valence-corrected chi connectivity index (χ0v) is 13.4. The van der Waals surface area contributed by atoms with E-state index >= 15 is 0 Å². The summed E-state index contributed by atoms with van der Waals surface area (Å²) in [5.74, 6) is -0.788. The molecule has 0 aliphatic heterocycles. The number of amides is 2. The van der Waals surface area contributed by atoms with Crippen LogP contribution in [0, 0.1) is 0 Å². The summed E-state index contributed by atoms with van der Waals surface area (Å²) in [6.45, 7) is 0. The quantitative estimate of drug-likeness (QED) is 0.494. The van der Waals surface area contributed by atoms with E-state index in [0.717, 1.165) is 5.56 Å². The molecule has 0 saturated carbocycles. The predicted octanol–water partition coefficient (Wildman–Crippen LogP) is 3.28. The number of hydrogen-bond acceptors (Lipinski definition) is 3. The predicted molar refractivity (Wildman–Crippen MR) is 92.3 cm³/mol. The Bertz CT molecular complexity index is 713. The van der Waals surface area contributed by atoms with Crippen LogP contribution in [0.3, 0.4) is 0 Å². The second-order valence-corrected chi connectivity index (χ2v) is 5.21. The lowest BCUT2D eigenvalue weighted by Gasteiger charge is -2.04. The van der Waals surface area contributed by atoms with Crippen LogP contribution < -0.4 is 10.7 Å². The van der Waals surface area contributed by atoms with Gasteiger partial charge in [-0.25, -0.2) is 5.43 Å². The summed E-state index contributed by atoms with van der Waals surface area (Å²) in [4.78, 5) is 23.1. The Morgan fingerprint density at radius 3 is 2.30 bits per heavy atom. The number of carbonyl (C=O) groups is 2. The Labute approximate surface area is 143 Å². The van der Waals surface area contributed by atoms with E-state index in [1.54, 1.807) is 48.5 Å². The molecule has 0 radical (unpaired) electrons. The van der Waals surface area contributed by atoms with Gasteiger partial charge in [-0.1, -0.05) is 23.7 Å². The minimum absolute atomic E-state index is 0.123. The third kappa shape index (κ3) is 5.39. The van der Waals surface area contributed by atoms with E-state index in [-0.39, 0.29) is 17.7 Å². The average Bonchev–Trinajstić information content (AvgIpc) is 2.57. The highest BCUT2D eigenvalue weighted by Crippen LogP contribution is 2.10. The van der Waals surface area contributed by atoms with Crippen molar-refractivity contribution in [1.82, 2.24) is 5.43 Å². The van der Waals surface area contributed by atoms with Gasteiger partial charge in [-0.15, -0.1) is 11.6 Å². The Morgan fingerprint density at radius 2 is 1.70 bits per heavy atom. The summed E-state index contributed by atoms with van der Waals surface area (Å²) >= 11 is 11.2. The molecule has 0 saturated heterocycles. The molecule has 0 fully saturated rings. The van der Waals surface area contributed by atoms with E-state index < -0.39 is 0 Å². The van der Waals surface area contributed by atoms with Crippen LogP contribution in [-0.2, 0) is 4.79 Å². The standard InChI is InChI=1S/C16H13Cl2N3O2/c17-9-15(22)20-14-7-3-12(4-8-14)16(23)21-19-10-11-1-5-13(18)6-2-11/h1-8,10H,9H2,(H,20,22)(H,21,23)/b19-10+. The van der Waals surface area contributed by atoms with Crippen LogP contribution in [0.5, 0.6) is 0 Å². The van der Waals surface area contributed by atoms with Crippen LogP contribution in [0.4, 0.5) is 5.69 Å². The third-order valence-corrected chi connectivity index (χ3v) is 3.30. The lowest BCUT2D eigenvalue weighted by Crippen LogP contribution is -2.18. The van der Waals surface area contributed by atoms with E-state index in [1.165, 1.54) is 6.21 Å². The van der Waals surface area contributed by atoms with Crippen LogP contribution in [0.15, 0.2) is 53.6 Å². The maximum atomic E-state index is 11.9. The van der Waals surface area contributed by atoms with Gasteiger partial charge in [-0.3, -0.25) is 9.59 Å². The molecule has 118 valence electrons. The van der Waals surface area contributed by atoms with Gasteiger partial charge in [0.25, 0.3) is 5.91 Å². The van der Waals surface area contributed by atoms with E-state index in [9.17, 15) is 9.59 Å². The van der Waals surface area contributed by atoms with Gasteiger partial charge in [0.1, 0.15) is 5.88 Å². The van der Waals surface area contributed by atoms with Crippen LogP contribution in [0.25, 0.3) is 0 Å². The number of hydrogen-bond donors (Lipinski definition) is 2. The molecule has 0 aliphatic rings. The zero-order valence-electron chi connectivity index (χ0n) is 11.9. The number of rotatable bonds is 5. The summed E-state index contributed by atoms with van der Waals surface area (Å²) in [6, 6.07) is 13.4. The van der Waals surface area contributed by atoms with E-state index in [2.05, 4.69) is 15.8 Å². The molecule has 0 spiro atoms. The summed E-state index contributed by atoms with van der Waals surface area (Å²) < 4.78 is 0. The third-order valence-electron chi connectivity index (χ3n) is 2.80. The van der Waals surface area contributed by atoms with Crippen LogP contribution >= 0.6 is 23.2 Å². The molecule has 0 atom stereocenters. The van der Waals surface area contributed by atoms with Crippen molar-refractivity contribution in [3.05, 3.63) is 64.7 Å². The van der Waals surface area contributed by atoms with Crippen LogP contribution in [0.1, 0.15) is 15.9 Å². The molecule has 2 N–H and O–H groups in total. The van der Waals surface area contributed by atoms with Crippen molar-refractivity contribution in [1.29, 1.82) is 0 Å². The lowest BCUT2D eigenvalue weighted by atomic mass is 10.2. The van der Waals surface area contributed by atoms with Gasteiger partial charge in [0.15, 0.2) is 0 Å². The summed E-state index contributed by atoms with van der Waals surface area (Å²) in [7, 11) is 0. The lowest BCUT2D eigenvalue weighted by molar-refractivity contribution is -0.113. The molecular weight excluding hydrogens is 337 g/mol. The molecule has 23 heavy (non-hydrogen) atoms. The summed E-state index contributed by atoms with van der Waals surface area (Å²) in [5, 5.41) is 7.09. The van der Waals surface area contributed by atoms with Gasteiger partial charge in [0.2, 0.25) is 5.91 Å². The Morgan fingerprint density at radius 1 is 1.04 bits per heavy atom. The van der Waals surface area contributed by atoms with Gasteiger partial charge in [-0.2, -0.15) is 5.10 Å². The van der Waals surface area contributed by atoms with Crippen molar-refractivity contribution < 1.29 is 9.59 Å². The van der Waals surface area contributed by atoms with Gasteiger partial charge >= 0.3 is 0 Å². The first-order chi connectivity index (χ1) is 11.1. The molecule has 0 unspecified atom stereocenters. The molecule has 0 aliphatic carbocycles. The fourth-order valence-corrected chi connectivity index (χ4v) is 1.87. The number of nitrogens with zero attached hydrogens (tertiary/aromatic N) is 1. The van der Waals surface area contributed by atoms with E-state index in [4.69, 9.17) is 23.2 Å². The summed E-state index contributed by atoms with van der Waals surface area (Å²) in [5.41, 5.74) is 4.22. The topological polar surface area (TPSA) is 70.6 Å². The fourth-order valence-electron chi connectivity index (χ4n) is 1.68. The molecule has 0 heterocycles. The summed E-state index contributed by atoms with van der Waals surface area (Å²) in [6.07, 6.45) is 1.52. The number of alkyl halides is 1. The molecule has 0 bridgehead atoms. The monoisotopic (exact) mass is 349 g/mol. The molecule has 2 rings (SSSR count). The normalized spacial score (nSPS) is 10.5. The first kappa shape index (κ1) is 17.0. The SMILES string of the molecule is O=C(CCl)Nc1ccc(C(=O)N/N=C/c2ccc(Cl)cc2)cc1. The smallest absolute Gasteiger partial charge is 0.271 e. The average molecular weight is 350 g/mol. The maximum Gasteiger partial charge on any atom is 0.271 e. The maximum absolute atomic E-state index is 11.9. The molecule has 7 heteroatoms. The number of halogens is 2. The second kappa shape index (κ2) is 8.31. The highest BCUT2D eigenvalue weighted by molar-refractivity contribution is 6.30. The Hall–Kier alpha value is -2.37. The highest BCUT2D eigenvalue weighted by Gasteiger charge is 2.05. The zero-order chi connectivity index (χ0) is 16.7. The van der Waals surface area contributed by atoms with Crippen molar-refractivity contribution in [2.45, 2.75) is 0 Å².